The van der Waals surface area contributed by atoms with Crippen molar-refractivity contribution in [3.8, 4) is 0 Å². The molecule has 1 aromatic rings. The lowest BCUT2D eigenvalue weighted by Gasteiger charge is -2.40. The number of aliphatic hydroxyl groups is 6. The summed E-state index contributed by atoms with van der Waals surface area (Å²) in [6.07, 6.45) is 5.01. The van der Waals surface area contributed by atoms with Gasteiger partial charge in [-0.25, -0.2) is 13.1 Å². The number of nitrogens with one attached hydrogen (secondary N) is 1. The van der Waals surface area contributed by atoms with Crippen LogP contribution in [0.4, 0.5) is 0 Å². The summed E-state index contributed by atoms with van der Waals surface area (Å²) < 4.78 is 34.4. The number of aliphatic hydroxyl groups excluding tert-OH is 6. The van der Waals surface area contributed by atoms with Crippen LogP contribution in [0.15, 0.2) is 29.2 Å². The van der Waals surface area contributed by atoms with Crippen molar-refractivity contribution in [2.75, 3.05) is 6.61 Å². The molecule has 1 aliphatic rings. The number of hydrogen-bond acceptors (Lipinski definition) is 9. The minimum Gasteiger partial charge on any atom is -0.394 e. The number of sulfonamides is 1. The van der Waals surface area contributed by atoms with E-state index in [0.29, 0.717) is 12.8 Å². The molecule has 1 heterocycles. The Bertz CT molecular complexity index is 976. The largest absolute Gasteiger partial charge is 0.394 e. The van der Waals surface area contributed by atoms with Crippen LogP contribution in [0.2, 0.25) is 0 Å². The molecule has 43 heavy (non-hydrogen) atoms. The molecule has 0 radical (unpaired) electrons. The van der Waals surface area contributed by atoms with E-state index in [9.17, 15) is 39.1 Å². The van der Waals surface area contributed by atoms with E-state index in [1.807, 2.05) is 6.92 Å². The van der Waals surface area contributed by atoms with Gasteiger partial charge in [0, 0.05) is 0 Å². The van der Waals surface area contributed by atoms with Crippen LogP contribution < -0.4 is 4.72 Å². The average molecular weight is 632 g/mol. The van der Waals surface area contributed by atoms with Gasteiger partial charge in [0.05, 0.1) is 35.9 Å². The van der Waals surface area contributed by atoms with Gasteiger partial charge in [-0.2, -0.15) is 0 Å². The average Bonchev–Trinajstić information content (AvgIpc) is 2.99. The highest BCUT2D eigenvalue weighted by Crippen LogP contribution is 2.26. The van der Waals surface area contributed by atoms with Gasteiger partial charge in [0.1, 0.15) is 24.4 Å². The Morgan fingerprint density at radius 2 is 1.28 bits per heavy atom. The van der Waals surface area contributed by atoms with Crippen molar-refractivity contribution >= 4 is 10.0 Å². The molecule has 2 rings (SSSR count). The van der Waals surface area contributed by atoms with Gasteiger partial charge in [-0.05, 0) is 38.3 Å². The number of benzene rings is 1. The zero-order valence-corrected chi connectivity index (χ0v) is 26.9. The summed E-state index contributed by atoms with van der Waals surface area (Å²) in [5, 5.41) is 62.0. The molecule has 8 atom stereocenters. The first-order chi connectivity index (χ1) is 20.5. The van der Waals surface area contributed by atoms with E-state index in [-0.39, 0.29) is 17.7 Å². The van der Waals surface area contributed by atoms with E-state index in [4.69, 9.17) is 4.74 Å². The normalized spacial score (nSPS) is 25.0. The maximum atomic E-state index is 13.2. The predicted molar refractivity (Wildman–Crippen MR) is 166 cm³/mol. The minimum absolute atomic E-state index is 0.00901. The third-order valence-electron chi connectivity index (χ3n) is 8.55. The summed E-state index contributed by atoms with van der Waals surface area (Å²) in [7, 11) is -4.06. The molecule has 0 saturated carbocycles. The van der Waals surface area contributed by atoms with E-state index in [0.717, 1.165) is 24.8 Å². The fourth-order valence-corrected chi connectivity index (χ4v) is 6.96. The SMILES string of the molecule is CCCCCCCCCCCCCC[C@@H](O)[C@@H](O)[C@H](CC[C@H]1O[C@H](CO)[C@H](O)[C@H](O)[C@H]1O)NS(=O)(=O)c1ccc(C)cc1. The first-order valence-electron chi connectivity index (χ1n) is 16.3. The molecular weight excluding hydrogens is 574 g/mol. The third-order valence-corrected chi connectivity index (χ3v) is 10.1. The molecule has 0 aliphatic carbocycles. The summed E-state index contributed by atoms with van der Waals surface area (Å²) in [5.41, 5.74) is 0.885. The number of aryl methyl sites for hydroxylation is 1. The first kappa shape index (κ1) is 38.0. The molecule has 0 amide bonds. The summed E-state index contributed by atoms with van der Waals surface area (Å²) in [4.78, 5) is 0.0126. The van der Waals surface area contributed by atoms with E-state index in [1.54, 1.807) is 12.1 Å². The van der Waals surface area contributed by atoms with E-state index < -0.39 is 65.4 Å². The Balaban J connectivity index is 1.92. The van der Waals surface area contributed by atoms with Crippen molar-refractivity contribution in [1.29, 1.82) is 0 Å². The molecule has 0 bridgehead atoms. The topological polar surface area (TPSA) is 177 Å². The Morgan fingerprint density at radius 3 is 1.81 bits per heavy atom. The molecule has 10 nitrogen and oxygen atoms in total. The molecule has 1 aromatic carbocycles. The molecule has 0 spiro atoms. The zero-order valence-electron chi connectivity index (χ0n) is 26.1. The number of hydrogen-bond donors (Lipinski definition) is 7. The Labute approximate surface area is 258 Å². The zero-order chi connectivity index (χ0) is 31.8. The van der Waals surface area contributed by atoms with Gasteiger partial charge in [-0.3, -0.25) is 0 Å². The molecule has 1 fully saturated rings. The van der Waals surface area contributed by atoms with Crippen LogP contribution in [-0.2, 0) is 14.8 Å². The van der Waals surface area contributed by atoms with Crippen LogP contribution in [0.1, 0.15) is 109 Å². The third kappa shape index (κ3) is 13.0. The van der Waals surface area contributed by atoms with Gasteiger partial charge in [0.15, 0.2) is 0 Å². The molecule has 1 saturated heterocycles. The second-order valence-electron chi connectivity index (χ2n) is 12.2. The van der Waals surface area contributed by atoms with Gasteiger partial charge < -0.3 is 35.4 Å². The quantitative estimate of drug-likeness (QED) is 0.0948. The summed E-state index contributed by atoms with van der Waals surface area (Å²) in [5.74, 6) is 0. The van der Waals surface area contributed by atoms with Gasteiger partial charge in [-0.1, -0.05) is 102 Å². The van der Waals surface area contributed by atoms with Gasteiger partial charge in [0.25, 0.3) is 0 Å². The maximum Gasteiger partial charge on any atom is 0.240 e. The van der Waals surface area contributed by atoms with E-state index >= 15 is 0 Å². The second kappa shape index (κ2) is 20.1. The summed E-state index contributed by atoms with van der Waals surface area (Å²) in [6.45, 7) is 3.48. The van der Waals surface area contributed by atoms with Crippen molar-refractivity contribution in [2.45, 2.75) is 164 Å². The molecular formula is C32H57NO9S. The lowest BCUT2D eigenvalue weighted by atomic mass is 9.90. The van der Waals surface area contributed by atoms with Crippen LogP contribution in [0.25, 0.3) is 0 Å². The highest BCUT2D eigenvalue weighted by atomic mass is 32.2. The number of ether oxygens (including phenoxy) is 1. The standard InChI is InChI=1S/C32H57NO9S/c1-3-4-5-6-7-8-9-10-11-12-13-14-15-26(35)29(36)25(33-43(40,41)24-18-16-23(2)17-19-24)20-21-27-30(37)32(39)31(38)28(22-34)42-27/h16-19,25-39H,3-15,20-22H2,1-2H3/t25-,26+,27+,28+,29-,30-,31-,32+/m0/s1. The highest BCUT2D eigenvalue weighted by molar-refractivity contribution is 7.89. The lowest BCUT2D eigenvalue weighted by molar-refractivity contribution is -0.230. The molecule has 11 heteroatoms. The van der Waals surface area contributed by atoms with Crippen molar-refractivity contribution < 1.29 is 43.8 Å². The maximum absolute atomic E-state index is 13.2. The van der Waals surface area contributed by atoms with Crippen LogP contribution in [0, 0.1) is 6.92 Å². The minimum atomic E-state index is -4.06. The fourth-order valence-electron chi connectivity index (χ4n) is 5.68. The summed E-state index contributed by atoms with van der Waals surface area (Å²) >= 11 is 0. The molecule has 0 unspecified atom stereocenters. The van der Waals surface area contributed by atoms with E-state index in [2.05, 4.69) is 11.6 Å². The number of unbranched alkanes of at least 4 members (excludes halogenated alkanes) is 11. The predicted octanol–water partition coefficient (Wildman–Crippen LogP) is 3.08. The van der Waals surface area contributed by atoms with E-state index in [1.165, 1.54) is 63.5 Å². The summed E-state index contributed by atoms with van der Waals surface area (Å²) in [6, 6.07) is 5.13. The first-order valence-corrected chi connectivity index (χ1v) is 17.8. The Hall–Kier alpha value is -1.15. The van der Waals surface area contributed by atoms with Crippen molar-refractivity contribution in [1.82, 2.24) is 4.72 Å². The molecule has 1 aliphatic heterocycles. The van der Waals surface area contributed by atoms with Crippen LogP contribution >= 0.6 is 0 Å². The van der Waals surface area contributed by atoms with Crippen LogP contribution in [0.5, 0.6) is 0 Å². The number of rotatable bonds is 22. The Morgan fingerprint density at radius 1 is 0.767 bits per heavy atom. The van der Waals surface area contributed by atoms with Gasteiger partial charge >= 0.3 is 0 Å². The van der Waals surface area contributed by atoms with Gasteiger partial charge in [-0.15, -0.1) is 0 Å². The highest BCUT2D eigenvalue weighted by Gasteiger charge is 2.43. The second-order valence-corrected chi connectivity index (χ2v) is 13.9. The smallest absolute Gasteiger partial charge is 0.240 e. The molecule has 7 N–H and O–H groups in total. The molecule has 0 aromatic heterocycles. The van der Waals surface area contributed by atoms with Crippen LogP contribution in [0.3, 0.4) is 0 Å². The van der Waals surface area contributed by atoms with Crippen molar-refractivity contribution in [3.63, 3.8) is 0 Å². The van der Waals surface area contributed by atoms with Crippen molar-refractivity contribution in [2.24, 2.45) is 0 Å². The van der Waals surface area contributed by atoms with Crippen molar-refractivity contribution in [3.05, 3.63) is 29.8 Å². The Kier molecular flexibility index (Phi) is 17.8. The fraction of sp³-hybridized carbons (Fsp3) is 0.812. The lowest BCUT2D eigenvalue weighted by Crippen LogP contribution is -2.59. The van der Waals surface area contributed by atoms with Crippen LogP contribution in [-0.4, -0.2) is 94.4 Å². The molecule has 250 valence electrons. The monoisotopic (exact) mass is 631 g/mol. The van der Waals surface area contributed by atoms with Gasteiger partial charge in [0.2, 0.25) is 10.0 Å².